The summed E-state index contributed by atoms with van der Waals surface area (Å²) in [6.07, 6.45) is 4.10. The van der Waals surface area contributed by atoms with Gasteiger partial charge in [0.1, 0.15) is 0 Å². The third-order valence-corrected chi connectivity index (χ3v) is 10.3. The van der Waals surface area contributed by atoms with Crippen molar-refractivity contribution in [1.29, 1.82) is 0 Å². The third kappa shape index (κ3) is 13.6. The van der Waals surface area contributed by atoms with Gasteiger partial charge in [-0.15, -0.1) is 0 Å². The van der Waals surface area contributed by atoms with Crippen molar-refractivity contribution in [2.45, 2.75) is 26.2 Å². The van der Waals surface area contributed by atoms with E-state index < -0.39 is 23.5 Å². The first-order valence-corrected chi connectivity index (χ1v) is 19.3. The number of piperazine rings is 1. The zero-order valence-corrected chi connectivity index (χ0v) is 37.8. The maximum Gasteiger partial charge on any atom is 0.359 e. The fourth-order valence-electron chi connectivity index (χ4n) is 6.93. The number of anilines is 1. The summed E-state index contributed by atoms with van der Waals surface area (Å²) >= 11 is 6.52. The Hall–Kier alpha value is -4.70. The van der Waals surface area contributed by atoms with Crippen LogP contribution in [0.5, 0.6) is 0 Å². The van der Waals surface area contributed by atoms with Crippen LogP contribution in [0.4, 0.5) is 14.5 Å². The summed E-state index contributed by atoms with van der Waals surface area (Å²) in [7, 11) is 2.50. The Morgan fingerprint density at radius 1 is 0.934 bits per heavy atom. The number of nitrogens with zero attached hydrogens (tertiary/aromatic N) is 6. The van der Waals surface area contributed by atoms with E-state index in [4.69, 9.17) is 38.1 Å². The van der Waals surface area contributed by atoms with Gasteiger partial charge in [0, 0.05) is 114 Å². The van der Waals surface area contributed by atoms with Gasteiger partial charge < -0.3 is 51.0 Å². The van der Waals surface area contributed by atoms with Crippen LogP contribution in [0.1, 0.15) is 45.9 Å². The Labute approximate surface area is 381 Å². The number of carbonyl (C=O) groups is 5. The summed E-state index contributed by atoms with van der Waals surface area (Å²) in [6, 6.07) is 7.29. The van der Waals surface area contributed by atoms with Crippen LogP contribution in [0.2, 0.25) is 5.02 Å². The van der Waals surface area contributed by atoms with Crippen molar-refractivity contribution in [3.8, 4) is 22.4 Å². The summed E-state index contributed by atoms with van der Waals surface area (Å²) in [4.78, 5) is 67.4. The SMILES string of the molecule is CO.Cc1[nH]ncc1-c1ccc(-c2cnc(C(=O)Nc3ccc(C(=O)N4CCN(C(=O)CC[N+](CCCN)(CCCN)CC(=O)O)CC4)c(Cl)c3)n2C)c(F)c1F.O=CO.[Y]. The average Bonchev–Trinajstić information content (AvgIpc) is 3.84. The van der Waals surface area contributed by atoms with Gasteiger partial charge in [-0.3, -0.25) is 24.3 Å². The number of carbonyl (C=O) groups excluding carboxylic acids is 3. The molecule has 0 atom stereocenters. The molecule has 1 radical (unpaired) electrons. The number of hydrogen-bond donors (Lipinski definition) is 7. The van der Waals surface area contributed by atoms with Gasteiger partial charge in [0.25, 0.3) is 18.3 Å². The topological polar surface area (TPSA) is 263 Å². The van der Waals surface area contributed by atoms with Crippen LogP contribution < -0.4 is 16.8 Å². The summed E-state index contributed by atoms with van der Waals surface area (Å²) in [5.41, 5.74) is 13.1. The van der Waals surface area contributed by atoms with E-state index in [0.29, 0.717) is 69.9 Å². The molecule has 1 saturated heterocycles. The number of benzene rings is 2. The number of imidazole rings is 1. The summed E-state index contributed by atoms with van der Waals surface area (Å²) < 4.78 is 32.0. The summed E-state index contributed by atoms with van der Waals surface area (Å²) in [6.45, 7) is 4.74. The zero-order valence-electron chi connectivity index (χ0n) is 34.2. The second-order valence-electron chi connectivity index (χ2n) is 13.7. The Kier molecular flexibility index (Phi) is 21.7. The van der Waals surface area contributed by atoms with Crippen LogP contribution in [0.15, 0.2) is 42.7 Å². The third-order valence-electron chi connectivity index (χ3n) is 9.99. The molecule has 1 aliphatic rings. The van der Waals surface area contributed by atoms with Crippen molar-refractivity contribution in [2.75, 3.05) is 77.9 Å². The van der Waals surface area contributed by atoms with E-state index >= 15 is 8.78 Å². The van der Waals surface area contributed by atoms with E-state index in [1.54, 1.807) is 16.7 Å². The van der Waals surface area contributed by atoms with E-state index in [1.807, 2.05) is 0 Å². The minimum absolute atomic E-state index is 0. The molecule has 9 N–H and O–H groups in total. The molecular weight excluding hydrogens is 899 g/mol. The quantitative estimate of drug-likeness (QED) is 0.0632. The van der Waals surface area contributed by atoms with E-state index in [-0.39, 0.29) is 120 Å². The second kappa shape index (κ2) is 25.3. The molecule has 1 aliphatic heterocycles. The number of nitrogens with two attached hydrogens (primary N) is 2. The molecule has 22 heteroatoms. The predicted octanol–water partition coefficient (Wildman–Crippen LogP) is 2.55. The van der Waals surface area contributed by atoms with Gasteiger partial charge >= 0.3 is 5.97 Å². The molecule has 329 valence electrons. The van der Waals surface area contributed by atoms with Crippen molar-refractivity contribution in [3.63, 3.8) is 0 Å². The molecule has 3 heterocycles. The predicted molar refractivity (Wildman–Crippen MR) is 219 cm³/mol. The van der Waals surface area contributed by atoms with Gasteiger partial charge in [-0.05, 0) is 44.3 Å². The molecule has 2 aromatic carbocycles. The minimum Gasteiger partial charge on any atom is -0.483 e. The number of aryl methyl sites for hydroxylation is 1. The van der Waals surface area contributed by atoms with Crippen molar-refractivity contribution in [3.05, 3.63) is 76.5 Å². The minimum atomic E-state index is -1.10. The Balaban J connectivity index is 0.00000204. The molecule has 3 amide bonds. The molecule has 2 aromatic heterocycles. The fourth-order valence-corrected chi connectivity index (χ4v) is 7.20. The Morgan fingerprint density at radius 3 is 2.05 bits per heavy atom. The molecule has 61 heavy (non-hydrogen) atoms. The maximum atomic E-state index is 15.3. The molecule has 1 fully saturated rings. The van der Waals surface area contributed by atoms with Gasteiger partial charge in [-0.2, -0.15) is 5.10 Å². The van der Waals surface area contributed by atoms with Gasteiger partial charge in [-0.1, -0.05) is 17.7 Å². The molecule has 0 saturated carbocycles. The van der Waals surface area contributed by atoms with Crippen molar-refractivity contribution in [1.82, 2.24) is 29.5 Å². The number of aromatic amines is 1. The number of H-pyrrole nitrogens is 1. The number of hydrogen-bond acceptors (Lipinski definition) is 10. The number of quaternary nitrogens is 1. The number of amides is 3. The standard InChI is InChI=1S/C37H45ClF2N10O5.CH2O2.CH4O.Y/c1-23-28(20-44-46-23)25-7-8-27(34(40)33(25)39)30-21-43-35(47(30)2)36(54)45-24-5-6-26(29(38)19-24)37(55)49-14-12-48(13-15-49)31(51)9-18-50(16-3-10-41,17-4-11-42)22-32(52)53;2-1-3;1-2;/h5-8,19-21H,3-4,9-18,22,41-42H2,1-2H3,(H2-,44,45,46,52,53,54,55);1H,(H,2,3);2H,1H3;/p+1. The van der Waals surface area contributed by atoms with Gasteiger partial charge in [0.05, 0.1) is 54.7 Å². The van der Waals surface area contributed by atoms with Crippen LogP contribution in [0.25, 0.3) is 22.4 Å². The van der Waals surface area contributed by atoms with Crippen molar-refractivity contribution in [2.24, 2.45) is 18.5 Å². The van der Waals surface area contributed by atoms with E-state index in [2.05, 4.69) is 20.5 Å². The average molecular weight is 951 g/mol. The summed E-state index contributed by atoms with van der Waals surface area (Å²) in [5, 5.41) is 32.8. The molecule has 18 nitrogen and oxygen atoms in total. The number of aliphatic hydroxyl groups excluding tert-OH is 1. The first kappa shape index (κ1) is 52.4. The molecule has 5 rings (SSSR count). The Bertz CT molecular complexity index is 2110. The van der Waals surface area contributed by atoms with Crippen molar-refractivity contribution < 1.29 is 85.3 Å². The van der Waals surface area contributed by atoms with E-state index in [9.17, 15) is 24.3 Å². The maximum absolute atomic E-state index is 15.3. The number of halogens is 3. The monoisotopic (exact) mass is 950 g/mol. The largest absolute Gasteiger partial charge is 0.483 e. The van der Waals surface area contributed by atoms with E-state index in [0.717, 1.165) is 7.11 Å². The smallest absolute Gasteiger partial charge is 0.359 e. The number of nitrogens with one attached hydrogen (secondary N) is 2. The van der Waals surface area contributed by atoms with Gasteiger partial charge in [0.15, 0.2) is 24.0 Å². The second-order valence-corrected chi connectivity index (χ2v) is 14.2. The number of rotatable bonds is 16. The van der Waals surface area contributed by atoms with Crippen LogP contribution in [0, 0.1) is 18.6 Å². The Morgan fingerprint density at radius 2 is 1.51 bits per heavy atom. The molecule has 4 aromatic rings. The molecule has 0 bridgehead atoms. The number of carboxylic acids is 1. The van der Waals surface area contributed by atoms with Gasteiger partial charge in [0.2, 0.25) is 5.91 Å². The number of aliphatic hydroxyl groups is 1. The van der Waals surface area contributed by atoms with Crippen LogP contribution in [-0.4, -0.2) is 152 Å². The number of aliphatic carboxylic acids is 1. The molecule has 0 unspecified atom stereocenters. The molecular formula is C39H52ClF2N10O8Y+. The van der Waals surface area contributed by atoms with Crippen LogP contribution >= 0.6 is 11.6 Å². The van der Waals surface area contributed by atoms with Crippen molar-refractivity contribution >= 4 is 47.5 Å². The van der Waals surface area contributed by atoms with Gasteiger partial charge in [-0.25, -0.2) is 18.6 Å². The first-order valence-electron chi connectivity index (χ1n) is 18.9. The van der Waals surface area contributed by atoms with Crippen LogP contribution in [0.3, 0.4) is 0 Å². The molecule has 0 spiro atoms. The zero-order chi connectivity index (χ0) is 44.6. The fraction of sp³-hybridized carbons (Fsp3) is 0.410. The molecule has 0 aliphatic carbocycles. The number of aromatic nitrogens is 4. The summed E-state index contributed by atoms with van der Waals surface area (Å²) in [5.74, 6) is -4.28. The number of carboxylic acid groups (broad SMARTS) is 2. The normalized spacial score (nSPS) is 12.3. The first-order chi connectivity index (χ1) is 28.7. The van der Waals surface area contributed by atoms with E-state index in [1.165, 1.54) is 54.3 Å². The van der Waals surface area contributed by atoms with Crippen LogP contribution in [-0.2, 0) is 54.1 Å².